The van der Waals surface area contributed by atoms with Crippen LogP contribution in [-0.4, -0.2) is 55.0 Å². The molecule has 0 spiro atoms. The number of rotatable bonds is 9. The van der Waals surface area contributed by atoms with Gasteiger partial charge in [0.25, 0.3) is 0 Å². The fraction of sp³-hybridized carbons (Fsp3) is 0.556. The van der Waals surface area contributed by atoms with Gasteiger partial charge in [-0.15, -0.1) is 11.8 Å². The van der Waals surface area contributed by atoms with Crippen molar-refractivity contribution >= 4 is 35.2 Å². The van der Waals surface area contributed by atoms with Gasteiger partial charge in [0.2, 0.25) is 5.91 Å². The molecule has 1 saturated heterocycles. The lowest BCUT2D eigenvalue weighted by atomic mass is 10.1. The smallest absolute Gasteiger partial charge is 0.315 e. The number of hydrogen-bond acceptors (Lipinski definition) is 5. The van der Waals surface area contributed by atoms with Crippen LogP contribution in [0, 0.1) is 0 Å². The summed E-state index contributed by atoms with van der Waals surface area (Å²) >= 11 is 7.54. The standard InChI is InChI=1S/C18H25ClN2O3S/c1-24-18(23)13-25-10-7-17(22)20-12-16(21-8-2-3-9-21)14-5-4-6-15(19)11-14/h4-6,11,16H,2-3,7-10,12-13H2,1H3,(H,20,22). The predicted molar refractivity (Wildman–Crippen MR) is 102 cm³/mol. The first kappa shape index (κ1) is 20.1. The Morgan fingerprint density at radius 2 is 2.12 bits per heavy atom. The Morgan fingerprint density at radius 1 is 1.36 bits per heavy atom. The number of esters is 1. The minimum atomic E-state index is -0.263. The lowest BCUT2D eigenvalue weighted by Crippen LogP contribution is -2.36. The summed E-state index contributed by atoms with van der Waals surface area (Å²) in [6, 6.07) is 8.00. The number of carbonyl (C=O) groups excluding carboxylic acids is 2. The molecule has 0 aromatic heterocycles. The fourth-order valence-electron chi connectivity index (χ4n) is 2.90. The molecular formula is C18H25ClN2O3S. The van der Waals surface area contributed by atoms with E-state index >= 15 is 0 Å². The SMILES string of the molecule is COC(=O)CSCCC(=O)NCC(c1cccc(Cl)c1)N1CCCC1. The highest BCUT2D eigenvalue weighted by Gasteiger charge is 2.24. The Bertz CT molecular complexity index is 579. The lowest BCUT2D eigenvalue weighted by molar-refractivity contribution is -0.137. The third-order valence-electron chi connectivity index (χ3n) is 4.23. The summed E-state index contributed by atoms with van der Waals surface area (Å²) in [4.78, 5) is 25.5. The van der Waals surface area contributed by atoms with E-state index in [0.29, 0.717) is 23.7 Å². The molecule has 0 bridgehead atoms. The maximum atomic E-state index is 12.1. The van der Waals surface area contributed by atoms with E-state index in [2.05, 4.69) is 21.0 Å². The average Bonchev–Trinajstić information content (AvgIpc) is 3.13. The zero-order valence-corrected chi connectivity index (χ0v) is 16.1. The second-order valence-electron chi connectivity index (χ2n) is 6.00. The molecular weight excluding hydrogens is 360 g/mol. The number of amides is 1. The number of nitrogens with zero attached hydrogens (tertiary/aromatic N) is 1. The highest BCUT2D eigenvalue weighted by Crippen LogP contribution is 2.26. The minimum Gasteiger partial charge on any atom is -0.468 e. The van der Waals surface area contributed by atoms with Gasteiger partial charge in [0.05, 0.1) is 18.9 Å². The largest absolute Gasteiger partial charge is 0.468 e. The number of thioether (sulfide) groups is 1. The van der Waals surface area contributed by atoms with E-state index in [9.17, 15) is 9.59 Å². The van der Waals surface area contributed by atoms with Gasteiger partial charge in [-0.05, 0) is 43.6 Å². The molecule has 1 atom stereocenters. The van der Waals surface area contributed by atoms with Crippen molar-refractivity contribution in [3.8, 4) is 0 Å². The molecule has 1 unspecified atom stereocenters. The van der Waals surface area contributed by atoms with Crippen molar-refractivity contribution in [1.29, 1.82) is 0 Å². The van der Waals surface area contributed by atoms with Crippen molar-refractivity contribution in [2.24, 2.45) is 0 Å². The van der Waals surface area contributed by atoms with Crippen LogP contribution in [0.1, 0.15) is 30.9 Å². The molecule has 2 rings (SSSR count). The molecule has 1 aromatic rings. The second kappa shape index (κ2) is 10.7. The molecule has 1 aliphatic rings. The van der Waals surface area contributed by atoms with Gasteiger partial charge in [-0.3, -0.25) is 14.5 Å². The van der Waals surface area contributed by atoms with Crippen LogP contribution in [0.2, 0.25) is 5.02 Å². The first-order valence-corrected chi connectivity index (χ1v) is 10.0. The topological polar surface area (TPSA) is 58.6 Å². The van der Waals surface area contributed by atoms with E-state index in [1.165, 1.54) is 31.7 Å². The van der Waals surface area contributed by atoms with Crippen LogP contribution in [0.15, 0.2) is 24.3 Å². The number of benzene rings is 1. The molecule has 1 N–H and O–H groups in total. The molecule has 1 aromatic carbocycles. The summed E-state index contributed by atoms with van der Waals surface area (Å²) in [5.74, 6) is 0.624. The van der Waals surface area contributed by atoms with E-state index in [1.807, 2.05) is 18.2 Å². The average molecular weight is 385 g/mol. The Kier molecular flexibility index (Phi) is 8.58. The first-order chi connectivity index (χ1) is 12.1. The second-order valence-corrected chi connectivity index (χ2v) is 7.54. The van der Waals surface area contributed by atoms with Crippen molar-refractivity contribution in [2.45, 2.75) is 25.3 Å². The maximum absolute atomic E-state index is 12.1. The summed E-state index contributed by atoms with van der Waals surface area (Å²) in [5.41, 5.74) is 1.13. The zero-order valence-electron chi connectivity index (χ0n) is 14.5. The maximum Gasteiger partial charge on any atom is 0.315 e. The number of likely N-dealkylation sites (tertiary alicyclic amines) is 1. The van der Waals surface area contributed by atoms with E-state index in [-0.39, 0.29) is 23.7 Å². The number of carbonyl (C=O) groups is 2. The van der Waals surface area contributed by atoms with Gasteiger partial charge in [-0.2, -0.15) is 0 Å². The highest BCUT2D eigenvalue weighted by atomic mass is 35.5. The Morgan fingerprint density at radius 3 is 2.80 bits per heavy atom. The van der Waals surface area contributed by atoms with Crippen molar-refractivity contribution in [2.75, 3.05) is 38.2 Å². The molecule has 25 heavy (non-hydrogen) atoms. The summed E-state index contributed by atoms with van der Waals surface area (Å²) in [6.07, 6.45) is 2.77. The quantitative estimate of drug-likeness (QED) is 0.524. The molecule has 1 amide bonds. The van der Waals surface area contributed by atoms with Gasteiger partial charge in [-0.1, -0.05) is 23.7 Å². The summed E-state index contributed by atoms with van der Waals surface area (Å²) in [5, 5.41) is 3.74. The normalized spacial score (nSPS) is 15.8. The van der Waals surface area contributed by atoms with Crippen molar-refractivity contribution in [1.82, 2.24) is 10.2 Å². The first-order valence-electron chi connectivity index (χ1n) is 8.51. The van der Waals surface area contributed by atoms with E-state index in [0.717, 1.165) is 18.7 Å². The number of halogens is 1. The van der Waals surface area contributed by atoms with Crippen LogP contribution in [0.25, 0.3) is 0 Å². The number of hydrogen-bond donors (Lipinski definition) is 1. The van der Waals surface area contributed by atoms with Crippen LogP contribution in [0.4, 0.5) is 0 Å². The van der Waals surface area contributed by atoms with Crippen molar-refractivity contribution < 1.29 is 14.3 Å². The lowest BCUT2D eigenvalue weighted by Gasteiger charge is -2.28. The Balaban J connectivity index is 1.83. The van der Waals surface area contributed by atoms with Crippen molar-refractivity contribution in [3.63, 3.8) is 0 Å². The van der Waals surface area contributed by atoms with Crippen LogP contribution in [-0.2, 0) is 14.3 Å². The van der Waals surface area contributed by atoms with E-state index in [4.69, 9.17) is 11.6 Å². The van der Waals surface area contributed by atoms with Gasteiger partial charge in [-0.25, -0.2) is 0 Å². The van der Waals surface area contributed by atoms with Gasteiger partial charge in [0.15, 0.2) is 0 Å². The molecule has 1 heterocycles. The molecule has 1 aliphatic heterocycles. The van der Waals surface area contributed by atoms with Crippen LogP contribution < -0.4 is 5.32 Å². The minimum absolute atomic E-state index is 0.00332. The third kappa shape index (κ3) is 6.88. The number of nitrogens with one attached hydrogen (secondary N) is 1. The van der Waals surface area contributed by atoms with Crippen LogP contribution >= 0.6 is 23.4 Å². The molecule has 1 fully saturated rings. The molecule has 7 heteroatoms. The third-order valence-corrected chi connectivity index (χ3v) is 5.40. The highest BCUT2D eigenvalue weighted by molar-refractivity contribution is 7.99. The summed E-state index contributed by atoms with van der Waals surface area (Å²) in [7, 11) is 1.37. The van der Waals surface area contributed by atoms with Gasteiger partial charge < -0.3 is 10.1 Å². The monoisotopic (exact) mass is 384 g/mol. The van der Waals surface area contributed by atoms with Crippen molar-refractivity contribution in [3.05, 3.63) is 34.9 Å². The molecule has 0 aliphatic carbocycles. The summed E-state index contributed by atoms with van der Waals surface area (Å²) in [6.45, 7) is 2.66. The van der Waals surface area contributed by atoms with Gasteiger partial charge >= 0.3 is 5.97 Å². The number of methoxy groups -OCH3 is 1. The molecule has 5 nitrogen and oxygen atoms in total. The van der Waals surface area contributed by atoms with Gasteiger partial charge in [0.1, 0.15) is 0 Å². The number of ether oxygens (including phenoxy) is 1. The molecule has 138 valence electrons. The van der Waals surface area contributed by atoms with E-state index in [1.54, 1.807) is 0 Å². The predicted octanol–water partition coefficient (Wildman–Crippen LogP) is 2.89. The fourth-order valence-corrected chi connectivity index (χ4v) is 3.86. The molecule has 0 saturated carbocycles. The zero-order chi connectivity index (χ0) is 18.1. The summed E-state index contributed by atoms with van der Waals surface area (Å²) < 4.78 is 4.58. The van der Waals surface area contributed by atoms with E-state index < -0.39 is 0 Å². The van der Waals surface area contributed by atoms with Crippen LogP contribution in [0.5, 0.6) is 0 Å². The van der Waals surface area contributed by atoms with Gasteiger partial charge in [0, 0.05) is 23.7 Å². The molecule has 0 radical (unpaired) electrons. The Labute approximate surface area is 158 Å². The van der Waals surface area contributed by atoms with Crippen LogP contribution in [0.3, 0.4) is 0 Å². The Hall–Kier alpha value is -1.24.